The van der Waals surface area contributed by atoms with Crippen LogP contribution in [0.2, 0.25) is 0 Å². The lowest BCUT2D eigenvalue weighted by atomic mass is 10.00. The van der Waals surface area contributed by atoms with Gasteiger partial charge in [-0.1, -0.05) is 17.4 Å². The number of ether oxygens (including phenoxy) is 1. The number of aliphatic hydroxyl groups excluding tert-OH is 1. The second kappa shape index (κ2) is 8.00. The SMILES string of the molecule is Cc1nnc(N2C(=O)C(=O)/C(=C(/O)c3ccc(OC(C)C)cc3)[C@H]2c2cccs2)s1. The zero-order valence-corrected chi connectivity index (χ0v) is 18.2. The Morgan fingerprint density at radius 1 is 1.17 bits per heavy atom. The van der Waals surface area contributed by atoms with E-state index in [2.05, 4.69) is 10.2 Å². The summed E-state index contributed by atoms with van der Waals surface area (Å²) in [6.45, 7) is 5.62. The number of nitrogens with zero attached hydrogens (tertiary/aromatic N) is 3. The van der Waals surface area contributed by atoms with E-state index in [0.29, 0.717) is 21.5 Å². The molecule has 9 heteroatoms. The third-order valence-electron chi connectivity index (χ3n) is 4.48. The van der Waals surface area contributed by atoms with E-state index in [1.807, 2.05) is 31.4 Å². The van der Waals surface area contributed by atoms with E-state index in [9.17, 15) is 14.7 Å². The molecule has 3 heterocycles. The van der Waals surface area contributed by atoms with Crippen molar-refractivity contribution in [1.29, 1.82) is 0 Å². The van der Waals surface area contributed by atoms with Gasteiger partial charge in [-0.05, 0) is 56.5 Å². The van der Waals surface area contributed by atoms with Gasteiger partial charge in [0.2, 0.25) is 5.13 Å². The number of benzene rings is 1. The minimum absolute atomic E-state index is 0.0176. The molecule has 0 spiro atoms. The summed E-state index contributed by atoms with van der Waals surface area (Å²) in [6, 6.07) is 9.68. The van der Waals surface area contributed by atoms with Crippen LogP contribution in [0.5, 0.6) is 5.75 Å². The topological polar surface area (TPSA) is 92.6 Å². The summed E-state index contributed by atoms with van der Waals surface area (Å²) < 4.78 is 5.63. The van der Waals surface area contributed by atoms with Crippen LogP contribution in [-0.4, -0.2) is 33.1 Å². The summed E-state index contributed by atoms with van der Waals surface area (Å²) in [5, 5.41) is 21.9. The van der Waals surface area contributed by atoms with Gasteiger partial charge in [-0.15, -0.1) is 21.5 Å². The van der Waals surface area contributed by atoms with Gasteiger partial charge in [-0.3, -0.25) is 14.5 Å². The van der Waals surface area contributed by atoms with E-state index < -0.39 is 17.7 Å². The fourth-order valence-corrected chi connectivity index (χ4v) is 4.79. The predicted octanol–water partition coefficient (Wildman–Crippen LogP) is 4.32. The van der Waals surface area contributed by atoms with Crippen LogP contribution < -0.4 is 9.64 Å². The van der Waals surface area contributed by atoms with Crippen LogP contribution in [0.15, 0.2) is 47.4 Å². The number of carbonyl (C=O) groups excluding carboxylic acids is 2. The molecule has 7 nitrogen and oxygen atoms in total. The number of Topliss-reactive ketones (excluding diaryl/α,β-unsaturated/α-hetero) is 1. The van der Waals surface area contributed by atoms with Crippen molar-refractivity contribution < 1.29 is 19.4 Å². The van der Waals surface area contributed by atoms with Crippen molar-refractivity contribution in [3.8, 4) is 5.75 Å². The Labute approximate surface area is 181 Å². The molecule has 1 aliphatic heterocycles. The van der Waals surface area contributed by atoms with Crippen molar-refractivity contribution in [3.05, 3.63) is 62.8 Å². The van der Waals surface area contributed by atoms with Crippen LogP contribution in [-0.2, 0) is 9.59 Å². The molecule has 1 amide bonds. The molecule has 0 unspecified atom stereocenters. The Kier molecular flexibility index (Phi) is 5.40. The Morgan fingerprint density at radius 2 is 1.90 bits per heavy atom. The van der Waals surface area contributed by atoms with Crippen molar-refractivity contribution in [1.82, 2.24) is 10.2 Å². The molecular weight excluding hydrogens is 422 g/mol. The third kappa shape index (κ3) is 3.61. The smallest absolute Gasteiger partial charge is 0.301 e. The molecule has 0 aliphatic carbocycles. The number of ketones is 1. The van der Waals surface area contributed by atoms with Crippen LogP contribution in [0.25, 0.3) is 5.76 Å². The first-order valence-corrected chi connectivity index (χ1v) is 11.0. The first-order chi connectivity index (χ1) is 14.4. The van der Waals surface area contributed by atoms with Crippen LogP contribution >= 0.6 is 22.7 Å². The predicted molar refractivity (Wildman–Crippen MR) is 116 cm³/mol. The van der Waals surface area contributed by atoms with E-state index in [4.69, 9.17) is 4.74 Å². The van der Waals surface area contributed by atoms with Crippen molar-refractivity contribution in [2.75, 3.05) is 4.90 Å². The highest BCUT2D eigenvalue weighted by atomic mass is 32.1. The van der Waals surface area contributed by atoms with Crippen molar-refractivity contribution in [2.24, 2.45) is 0 Å². The van der Waals surface area contributed by atoms with Gasteiger partial charge in [-0.25, -0.2) is 0 Å². The van der Waals surface area contributed by atoms with E-state index >= 15 is 0 Å². The molecule has 30 heavy (non-hydrogen) atoms. The number of anilines is 1. The standard InChI is InChI=1S/C21H19N3O4S2/c1-11(2)28-14-8-6-13(7-9-14)18(25)16-17(15-5-4-10-29-15)24(20(27)19(16)26)21-23-22-12(3)30-21/h4-11,17,25H,1-3H3/b18-16+/t17-/m1/s1. The molecule has 4 rings (SSSR count). The maximum absolute atomic E-state index is 13.0. The van der Waals surface area contributed by atoms with Crippen molar-refractivity contribution >= 4 is 45.3 Å². The zero-order chi connectivity index (χ0) is 21.4. The number of amides is 1. The van der Waals surface area contributed by atoms with Gasteiger partial charge in [0.15, 0.2) is 0 Å². The van der Waals surface area contributed by atoms with Crippen molar-refractivity contribution in [3.63, 3.8) is 0 Å². The third-order valence-corrected chi connectivity index (χ3v) is 6.24. The Balaban J connectivity index is 1.82. The van der Waals surface area contributed by atoms with Gasteiger partial charge >= 0.3 is 5.91 Å². The summed E-state index contributed by atoms with van der Waals surface area (Å²) in [7, 11) is 0. The lowest BCUT2D eigenvalue weighted by Gasteiger charge is -2.21. The number of hydrogen-bond acceptors (Lipinski definition) is 8. The fraction of sp³-hybridized carbons (Fsp3) is 0.238. The number of hydrogen-bond donors (Lipinski definition) is 1. The molecule has 1 aliphatic rings. The molecule has 1 saturated heterocycles. The van der Waals surface area contributed by atoms with Gasteiger partial charge < -0.3 is 9.84 Å². The molecule has 1 aromatic carbocycles. The number of aliphatic hydroxyl groups is 1. The van der Waals surface area contributed by atoms with Gasteiger partial charge in [0.05, 0.1) is 11.7 Å². The number of aryl methyl sites for hydroxylation is 1. The second-order valence-corrected chi connectivity index (χ2v) is 9.12. The van der Waals surface area contributed by atoms with Crippen LogP contribution in [0, 0.1) is 6.92 Å². The summed E-state index contributed by atoms with van der Waals surface area (Å²) in [5.74, 6) is -1.06. The highest BCUT2D eigenvalue weighted by Gasteiger charge is 2.48. The molecule has 0 bridgehead atoms. The highest BCUT2D eigenvalue weighted by Crippen LogP contribution is 2.44. The molecule has 3 aromatic rings. The first kappa shape index (κ1) is 20.2. The van der Waals surface area contributed by atoms with Crippen LogP contribution in [0.3, 0.4) is 0 Å². The summed E-state index contributed by atoms with van der Waals surface area (Å²) >= 11 is 2.62. The second-order valence-electron chi connectivity index (χ2n) is 6.98. The average Bonchev–Trinajstić information content (AvgIpc) is 3.43. The lowest BCUT2D eigenvalue weighted by Crippen LogP contribution is -2.29. The minimum atomic E-state index is -0.760. The number of thiophene rings is 1. The van der Waals surface area contributed by atoms with Crippen LogP contribution in [0.4, 0.5) is 5.13 Å². The molecule has 154 valence electrons. The Morgan fingerprint density at radius 3 is 2.47 bits per heavy atom. The molecule has 1 atom stereocenters. The highest BCUT2D eigenvalue weighted by molar-refractivity contribution is 7.15. The maximum atomic E-state index is 13.0. The normalized spacial score (nSPS) is 18.4. The maximum Gasteiger partial charge on any atom is 0.301 e. The monoisotopic (exact) mass is 441 g/mol. The summed E-state index contributed by atoms with van der Waals surface area (Å²) in [4.78, 5) is 27.9. The van der Waals surface area contributed by atoms with Crippen LogP contribution in [0.1, 0.15) is 35.3 Å². The first-order valence-electron chi connectivity index (χ1n) is 9.28. The molecule has 0 saturated carbocycles. The Hall–Kier alpha value is -3.04. The van der Waals surface area contributed by atoms with Gasteiger partial charge in [0, 0.05) is 10.4 Å². The summed E-state index contributed by atoms with van der Waals surface area (Å²) in [6.07, 6.45) is 0.0176. The van der Waals surface area contributed by atoms with Gasteiger partial charge in [-0.2, -0.15) is 0 Å². The molecular formula is C21H19N3O4S2. The zero-order valence-electron chi connectivity index (χ0n) is 16.5. The number of aromatic nitrogens is 2. The quantitative estimate of drug-likeness (QED) is 0.360. The number of carbonyl (C=O) groups is 2. The van der Waals surface area contributed by atoms with E-state index in [1.165, 1.54) is 27.6 Å². The van der Waals surface area contributed by atoms with Gasteiger partial charge in [0.1, 0.15) is 22.6 Å². The average molecular weight is 442 g/mol. The summed E-state index contributed by atoms with van der Waals surface area (Å²) in [5.41, 5.74) is 0.465. The number of rotatable bonds is 5. The molecule has 1 N–H and O–H groups in total. The van der Waals surface area contributed by atoms with E-state index in [1.54, 1.807) is 31.2 Å². The molecule has 0 radical (unpaired) electrons. The minimum Gasteiger partial charge on any atom is -0.507 e. The fourth-order valence-electron chi connectivity index (χ4n) is 3.25. The van der Waals surface area contributed by atoms with Crippen molar-refractivity contribution in [2.45, 2.75) is 32.9 Å². The van der Waals surface area contributed by atoms with E-state index in [0.717, 1.165) is 4.88 Å². The van der Waals surface area contributed by atoms with E-state index in [-0.39, 0.29) is 17.4 Å². The molecule has 1 fully saturated rings. The van der Waals surface area contributed by atoms with Gasteiger partial charge in [0.25, 0.3) is 5.78 Å². The largest absolute Gasteiger partial charge is 0.507 e. The molecule has 2 aromatic heterocycles. The lowest BCUT2D eigenvalue weighted by molar-refractivity contribution is -0.132. The Bertz CT molecular complexity index is 1120.